The highest BCUT2D eigenvalue weighted by atomic mass is 16.5. The number of methoxy groups -OCH3 is 1. The highest BCUT2D eigenvalue weighted by Crippen LogP contribution is 1.90. The molecule has 0 aliphatic carbocycles. The molecule has 0 spiro atoms. The largest absolute Gasteiger partial charge is 0.466 e. The van der Waals surface area contributed by atoms with E-state index >= 15 is 0 Å². The number of aliphatic hydroxyl groups excluding tert-OH is 1. The minimum Gasteiger partial charge on any atom is -0.466 e. The van der Waals surface area contributed by atoms with E-state index in [1.807, 2.05) is 6.92 Å². The molecule has 1 N–H and O–H groups in total. The molecule has 0 unspecified atom stereocenters. The van der Waals surface area contributed by atoms with Crippen LogP contribution in [0.4, 0.5) is 0 Å². The van der Waals surface area contributed by atoms with Gasteiger partial charge in [-0.15, -0.1) is 0 Å². The van der Waals surface area contributed by atoms with Crippen LogP contribution in [0.1, 0.15) is 33.6 Å². The number of unbranched alkanes of at least 4 members (excludes halogenated alkanes) is 1. The summed E-state index contributed by atoms with van der Waals surface area (Å²) in [5.74, 6) is -1.13. The zero-order valence-electron chi connectivity index (χ0n) is 15.6. The molecule has 0 aromatic rings. The van der Waals surface area contributed by atoms with Gasteiger partial charge in [0.2, 0.25) is 0 Å². The van der Waals surface area contributed by atoms with Crippen LogP contribution in [0.3, 0.4) is 0 Å². The van der Waals surface area contributed by atoms with Gasteiger partial charge in [-0.25, -0.2) is 14.4 Å². The summed E-state index contributed by atoms with van der Waals surface area (Å²) in [4.78, 5) is 31.0. The SMILES string of the molecule is C=C(C)C(=O)OC.C=C(C)C(=O)OCCO.C=CC(=O)OCCCC. The highest BCUT2D eigenvalue weighted by Gasteiger charge is 1.99. The molecule has 25 heavy (non-hydrogen) atoms. The van der Waals surface area contributed by atoms with Gasteiger partial charge in [0.05, 0.1) is 20.3 Å². The Bertz CT molecular complexity index is 437. The first-order chi connectivity index (χ1) is 11.7. The maximum absolute atomic E-state index is 10.5. The lowest BCUT2D eigenvalue weighted by atomic mass is 10.4. The predicted octanol–water partition coefficient (Wildman–Crippen LogP) is 2.35. The first-order valence-electron chi connectivity index (χ1n) is 7.64. The summed E-state index contributed by atoms with van der Waals surface area (Å²) in [6.45, 7) is 15.6. The summed E-state index contributed by atoms with van der Waals surface area (Å²) >= 11 is 0. The van der Waals surface area contributed by atoms with Crippen molar-refractivity contribution in [1.29, 1.82) is 0 Å². The lowest BCUT2D eigenvalue weighted by Gasteiger charge is -1.99. The molecule has 0 amide bonds. The maximum Gasteiger partial charge on any atom is 0.333 e. The van der Waals surface area contributed by atoms with E-state index < -0.39 is 5.97 Å². The summed E-state index contributed by atoms with van der Waals surface area (Å²) in [5, 5.41) is 8.19. The number of hydrogen-bond acceptors (Lipinski definition) is 7. The minimum absolute atomic E-state index is 0.0473. The second-order valence-electron chi connectivity index (χ2n) is 4.64. The van der Waals surface area contributed by atoms with E-state index in [0.29, 0.717) is 17.8 Å². The molecular weight excluding hydrogens is 328 g/mol. The Morgan fingerprint density at radius 1 is 1.00 bits per heavy atom. The van der Waals surface area contributed by atoms with Crippen LogP contribution in [0.5, 0.6) is 0 Å². The summed E-state index contributed by atoms with van der Waals surface area (Å²) in [7, 11) is 1.33. The molecule has 0 saturated heterocycles. The van der Waals surface area contributed by atoms with Crippen molar-refractivity contribution in [3.63, 3.8) is 0 Å². The van der Waals surface area contributed by atoms with Gasteiger partial charge in [0.15, 0.2) is 0 Å². The molecule has 0 aliphatic rings. The molecule has 0 bridgehead atoms. The van der Waals surface area contributed by atoms with Crippen LogP contribution in [-0.2, 0) is 28.6 Å². The van der Waals surface area contributed by atoms with E-state index in [2.05, 4.69) is 33.9 Å². The van der Waals surface area contributed by atoms with E-state index in [0.717, 1.165) is 12.8 Å². The summed E-state index contributed by atoms with van der Waals surface area (Å²) in [5.41, 5.74) is 0.783. The molecule has 0 radical (unpaired) electrons. The Kier molecular flexibility index (Phi) is 21.6. The van der Waals surface area contributed by atoms with Crippen LogP contribution >= 0.6 is 0 Å². The number of carbonyl (C=O) groups is 3. The topological polar surface area (TPSA) is 99.1 Å². The Morgan fingerprint density at radius 3 is 1.80 bits per heavy atom. The third-order valence-corrected chi connectivity index (χ3v) is 2.12. The van der Waals surface area contributed by atoms with Crippen LogP contribution in [0.15, 0.2) is 37.0 Å². The molecule has 0 aromatic carbocycles. The highest BCUT2D eigenvalue weighted by molar-refractivity contribution is 5.87. The molecule has 0 aromatic heterocycles. The fourth-order valence-corrected chi connectivity index (χ4v) is 0.812. The van der Waals surface area contributed by atoms with Crippen molar-refractivity contribution in [1.82, 2.24) is 0 Å². The number of hydrogen-bond donors (Lipinski definition) is 1. The smallest absolute Gasteiger partial charge is 0.333 e. The second-order valence-corrected chi connectivity index (χ2v) is 4.64. The van der Waals surface area contributed by atoms with Gasteiger partial charge in [-0.2, -0.15) is 0 Å². The minimum atomic E-state index is -0.455. The number of rotatable bonds is 8. The normalized spacial score (nSPS) is 8.36. The number of aliphatic hydroxyl groups is 1. The Balaban J connectivity index is -0.000000293. The standard InChI is InChI=1S/C7H12O2.C6H10O3.C5H8O2/c1-3-5-6-9-7(8)4-2;1-5(2)6(8)9-4-3-7;1-4(2)5(6)7-3/h4H,2-3,5-6H2,1H3;7H,1,3-4H2,2H3;1H2,2-3H3. The van der Waals surface area contributed by atoms with Gasteiger partial charge in [-0.1, -0.05) is 33.1 Å². The lowest BCUT2D eigenvalue weighted by molar-refractivity contribution is -0.140. The first-order valence-corrected chi connectivity index (χ1v) is 7.64. The van der Waals surface area contributed by atoms with Crippen molar-refractivity contribution >= 4 is 17.9 Å². The van der Waals surface area contributed by atoms with Crippen LogP contribution in [0.2, 0.25) is 0 Å². The molecule has 0 aliphatic heterocycles. The van der Waals surface area contributed by atoms with Crippen molar-refractivity contribution in [3.05, 3.63) is 37.0 Å². The Labute approximate surface area is 150 Å². The van der Waals surface area contributed by atoms with Crippen LogP contribution in [-0.4, -0.2) is 49.9 Å². The predicted molar refractivity (Wildman–Crippen MR) is 95.8 cm³/mol. The van der Waals surface area contributed by atoms with E-state index in [1.54, 1.807) is 13.8 Å². The van der Waals surface area contributed by atoms with Crippen molar-refractivity contribution < 1.29 is 33.7 Å². The van der Waals surface area contributed by atoms with Gasteiger partial charge in [0.25, 0.3) is 0 Å². The average Bonchev–Trinajstić information content (AvgIpc) is 2.59. The number of carbonyl (C=O) groups excluding carboxylic acids is 3. The van der Waals surface area contributed by atoms with Gasteiger partial charge in [-0.3, -0.25) is 0 Å². The van der Waals surface area contributed by atoms with Crippen molar-refractivity contribution in [2.75, 3.05) is 26.9 Å². The van der Waals surface area contributed by atoms with Crippen molar-refractivity contribution in [2.24, 2.45) is 0 Å². The summed E-state index contributed by atoms with van der Waals surface area (Å²) < 4.78 is 13.4. The zero-order valence-corrected chi connectivity index (χ0v) is 15.6. The van der Waals surface area contributed by atoms with Crippen LogP contribution < -0.4 is 0 Å². The summed E-state index contributed by atoms with van der Waals surface area (Å²) in [6.07, 6.45) is 3.15. The fourth-order valence-electron chi connectivity index (χ4n) is 0.812. The summed E-state index contributed by atoms with van der Waals surface area (Å²) in [6, 6.07) is 0. The van der Waals surface area contributed by atoms with Gasteiger partial charge in [0, 0.05) is 17.2 Å². The molecule has 0 saturated carbocycles. The quantitative estimate of drug-likeness (QED) is 0.308. The number of ether oxygens (including phenoxy) is 3. The van der Waals surface area contributed by atoms with Gasteiger partial charge in [-0.05, 0) is 20.3 Å². The first kappa shape index (κ1) is 27.4. The molecule has 0 fully saturated rings. The Hall–Kier alpha value is -2.41. The third kappa shape index (κ3) is 24.0. The van der Waals surface area contributed by atoms with E-state index in [9.17, 15) is 14.4 Å². The molecule has 7 nitrogen and oxygen atoms in total. The van der Waals surface area contributed by atoms with Gasteiger partial charge >= 0.3 is 17.9 Å². The van der Waals surface area contributed by atoms with Gasteiger partial charge < -0.3 is 19.3 Å². The molecule has 0 atom stereocenters. The van der Waals surface area contributed by atoms with Crippen LogP contribution in [0, 0.1) is 0 Å². The van der Waals surface area contributed by atoms with Crippen molar-refractivity contribution in [2.45, 2.75) is 33.6 Å². The fraction of sp³-hybridized carbons (Fsp3) is 0.500. The monoisotopic (exact) mass is 358 g/mol. The maximum atomic E-state index is 10.5. The molecule has 0 heterocycles. The lowest BCUT2D eigenvalue weighted by Crippen LogP contribution is -2.08. The molecule has 7 heteroatoms. The molecule has 0 rings (SSSR count). The van der Waals surface area contributed by atoms with E-state index in [1.165, 1.54) is 13.2 Å². The van der Waals surface area contributed by atoms with E-state index in [-0.39, 0.29) is 25.2 Å². The Morgan fingerprint density at radius 2 is 1.52 bits per heavy atom. The van der Waals surface area contributed by atoms with Gasteiger partial charge in [0.1, 0.15) is 6.61 Å². The van der Waals surface area contributed by atoms with Crippen molar-refractivity contribution in [3.8, 4) is 0 Å². The second kappa shape index (κ2) is 19.6. The average molecular weight is 358 g/mol. The van der Waals surface area contributed by atoms with E-state index in [4.69, 9.17) is 5.11 Å². The zero-order chi connectivity index (χ0) is 20.3. The van der Waals surface area contributed by atoms with Crippen LogP contribution in [0.25, 0.3) is 0 Å². The third-order valence-electron chi connectivity index (χ3n) is 2.12. The molecule has 144 valence electrons. The number of esters is 3. The molecular formula is C18H30O7.